The van der Waals surface area contributed by atoms with Crippen molar-refractivity contribution in [2.75, 3.05) is 12.9 Å². The van der Waals surface area contributed by atoms with Crippen molar-refractivity contribution in [3.63, 3.8) is 0 Å². The van der Waals surface area contributed by atoms with Gasteiger partial charge >= 0.3 is 0 Å². The van der Waals surface area contributed by atoms with Gasteiger partial charge in [0.15, 0.2) is 6.61 Å². The molecule has 4 nitrogen and oxygen atoms in total. The molecule has 0 saturated heterocycles. The van der Waals surface area contributed by atoms with Crippen LogP contribution < -0.4 is 14.8 Å². The summed E-state index contributed by atoms with van der Waals surface area (Å²) in [5.74, 6) is 0.327. The number of hydrogen-bond donors (Lipinski definition) is 1. The van der Waals surface area contributed by atoms with Crippen LogP contribution in [0.25, 0.3) is 0 Å². The first kappa shape index (κ1) is 17.1. The fourth-order valence-corrected chi connectivity index (χ4v) is 2.53. The zero-order valence-corrected chi connectivity index (χ0v) is 13.9. The summed E-state index contributed by atoms with van der Waals surface area (Å²) in [4.78, 5) is 11.2. The molecule has 0 spiro atoms. The zero-order chi connectivity index (χ0) is 16.1. The SMILES string of the molecule is CSC(=O)COc1cc(F)cc(O[C@H]2C[C@@H](NC(C)C)C2)c1. The lowest BCUT2D eigenvalue weighted by atomic mass is 9.88. The molecule has 1 aromatic carbocycles. The summed E-state index contributed by atoms with van der Waals surface area (Å²) in [5, 5.41) is 3.33. The van der Waals surface area contributed by atoms with E-state index in [2.05, 4.69) is 19.2 Å². The van der Waals surface area contributed by atoms with Crippen molar-refractivity contribution in [3.05, 3.63) is 24.0 Å². The van der Waals surface area contributed by atoms with Crippen molar-refractivity contribution < 1.29 is 18.7 Å². The Kier molecular flexibility index (Phi) is 6.08. The maximum atomic E-state index is 13.6. The van der Waals surface area contributed by atoms with Crippen molar-refractivity contribution in [3.8, 4) is 11.5 Å². The lowest BCUT2D eigenvalue weighted by molar-refractivity contribution is -0.112. The highest BCUT2D eigenvalue weighted by Crippen LogP contribution is 2.29. The zero-order valence-electron chi connectivity index (χ0n) is 13.1. The second-order valence-corrected chi connectivity index (χ2v) is 6.58. The lowest BCUT2D eigenvalue weighted by Crippen LogP contribution is -2.49. The average Bonchev–Trinajstić information content (AvgIpc) is 2.41. The highest BCUT2D eigenvalue weighted by atomic mass is 32.2. The first-order valence-corrected chi connectivity index (χ1v) is 8.61. The second kappa shape index (κ2) is 7.83. The Bertz CT molecular complexity index is 518. The molecule has 1 aromatic rings. The van der Waals surface area contributed by atoms with E-state index < -0.39 is 5.82 Å². The predicted octanol–water partition coefficient (Wildman–Crippen LogP) is 3.00. The molecule has 0 aliphatic heterocycles. The molecule has 1 saturated carbocycles. The molecule has 122 valence electrons. The van der Waals surface area contributed by atoms with Gasteiger partial charge in [0, 0.05) is 30.3 Å². The van der Waals surface area contributed by atoms with E-state index in [1.807, 2.05) is 0 Å². The third kappa shape index (κ3) is 5.18. The number of halogens is 1. The molecule has 0 bridgehead atoms. The highest BCUT2D eigenvalue weighted by Gasteiger charge is 2.31. The average molecular weight is 327 g/mol. The Morgan fingerprint density at radius 3 is 2.68 bits per heavy atom. The maximum Gasteiger partial charge on any atom is 0.226 e. The molecule has 2 rings (SSSR count). The first-order chi connectivity index (χ1) is 10.5. The van der Waals surface area contributed by atoms with Crippen molar-refractivity contribution in [2.45, 2.75) is 44.9 Å². The van der Waals surface area contributed by atoms with Gasteiger partial charge in [0.25, 0.3) is 0 Å². The van der Waals surface area contributed by atoms with Crippen LogP contribution in [0.4, 0.5) is 4.39 Å². The molecule has 1 N–H and O–H groups in total. The normalized spacial score (nSPS) is 20.6. The fraction of sp³-hybridized carbons (Fsp3) is 0.562. The van der Waals surface area contributed by atoms with Crippen molar-refractivity contribution in [2.24, 2.45) is 0 Å². The molecule has 6 heteroatoms. The minimum absolute atomic E-state index is 0.0755. The number of ether oxygens (including phenoxy) is 2. The molecule has 1 aliphatic rings. The minimum atomic E-state index is -0.430. The van der Waals surface area contributed by atoms with Crippen molar-refractivity contribution >= 4 is 16.9 Å². The molecule has 0 unspecified atom stereocenters. The quantitative estimate of drug-likeness (QED) is 0.834. The van der Waals surface area contributed by atoms with Crippen LogP contribution in [-0.4, -0.2) is 36.2 Å². The van der Waals surface area contributed by atoms with E-state index >= 15 is 0 Å². The molecule has 0 amide bonds. The number of benzene rings is 1. The van der Waals surface area contributed by atoms with Crippen LogP contribution in [0.15, 0.2) is 18.2 Å². The van der Waals surface area contributed by atoms with Crippen LogP contribution in [0.3, 0.4) is 0 Å². The third-order valence-corrected chi connectivity index (χ3v) is 3.97. The lowest BCUT2D eigenvalue weighted by Gasteiger charge is -2.37. The molecule has 0 radical (unpaired) electrons. The van der Waals surface area contributed by atoms with E-state index in [4.69, 9.17) is 9.47 Å². The van der Waals surface area contributed by atoms with Gasteiger partial charge in [-0.05, 0) is 19.1 Å². The van der Waals surface area contributed by atoms with Crippen LogP contribution in [-0.2, 0) is 4.79 Å². The Balaban J connectivity index is 1.86. The van der Waals surface area contributed by atoms with Gasteiger partial charge in [-0.25, -0.2) is 4.39 Å². The van der Waals surface area contributed by atoms with E-state index in [0.29, 0.717) is 23.6 Å². The molecule has 1 fully saturated rings. The second-order valence-electron chi connectivity index (χ2n) is 5.72. The van der Waals surface area contributed by atoms with Gasteiger partial charge in [-0.2, -0.15) is 0 Å². The number of carbonyl (C=O) groups is 1. The van der Waals surface area contributed by atoms with E-state index in [1.54, 1.807) is 12.3 Å². The number of hydrogen-bond acceptors (Lipinski definition) is 5. The summed E-state index contributed by atoms with van der Waals surface area (Å²) < 4.78 is 24.6. The summed E-state index contributed by atoms with van der Waals surface area (Å²) in [7, 11) is 0. The Hall–Kier alpha value is -1.27. The van der Waals surface area contributed by atoms with Gasteiger partial charge in [0.1, 0.15) is 23.4 Å². The van der Waals surface area contributed by atoms with Crippen LogP contribution in [0, 0.1) is 5.82 Å². The summed E-state index contributed by atoms with van der Waals surface area (Å²) in [5.41, 5.74) is 0. The molecule has 0 aromatic heterocycles. The Morgan fingerprint density at radius 2 is 2.05 bits per heavy atom. The highest BCUT2D eigenvalue weighted by molar-refractivity contribution is 8.13. The molecule has 1 aliphatic carbocycles. The summed E-state index contributed by atoms with van der Waals surface area (Å²) in [6.45, 7) is 4.15. The molecular formula is C16H22FNO3S. The van der Waals surface area contributed by atoms with Gasteiger partial charge in [0.05, 0.1) is 0 Å². The number of carbonyl (C=O) groups excluding carboxylic acids is 1. The maximum absolute atomic E-state index is 13.6. The van der Waals surface area contributed by atoms with Gasteiger partial charge in [0.2, 0.25) is 5.12 Å². The third-order valence-electron chi connectivity index (χ3n) is 3.40. The van der Waals surface area contributed by atoms with E-state index in [9.17, 15) is 9.18 Å². The Morgan fingerprint density at radius 1 is 1.36 bits per heavy atom. The van der Waals surface area contributed by atoms with Crippen LogP contribution >= 0.6 is 11.8 Å². The molecule has 22 heavy (non-hydrogen) atoms. The number of nitrogens with one attached hydrogen (secondary N) is 1. The summed E-state index contributed by atoms with van der Waals surface area (Å²) in [6.07, 6.45) is 3.61. The van der Waals surface area contributed by atoms with E-state index in [0.717, 1.165) is 24.6 Å². The molecule has 0 atom stereocenters. The van der Waals surface area contributed by atoms with Gasteiger partial charge in [-0.15, -0.1) is 0 Å². The van der Waals surface area contributed by atoms with Crippen LogP contribution in [0.5, 0.6) is 11.5 Å². The van der Waals surface area contributed by atoms with Gasteiger partial charge < -0.3 is 14.8 Å². The topological polar surface area (TPSA) is 47.6 Å². The van der Waals surface area contributed by atoms with Gasteiger partial charge in [-0.1, -0.05) is 25.6 Å². The predicted molar refractivity (Wildman–Crippen MR) is 86.1 cm³/mol. The van der Waals surface area contributed by atoms with E-state index in [1.165, 1.54) is 12.1 Å². The number of thioether (sulfide) groups is 1. The Labute approximate surface area is 134 Å². The minimum Gasteiger partial charge on any atom is -0.490 e. The van der Waals surface area contributed by atoms with Crippen LogP contribution in [0.2, 0.25) is 0 Å². The molecular weight excluding hydrogens is 305 g/mol. The largest absolute Gasteiger partial charge is 0.490 e. The monoisotopic (exact) mass is 327 g/mol. The number of rotatable bonds is 7. The summed E-state index contributed by atoms with van der Waals surface area (Å²) in [6, 6.07) is 5.14. The van der Waals surface area contributed by atoms with Crippen LogP contribution in [0.1, 0.15) is 26.7 Å². The fourth-order valence-electron chi connectivity index (χ4n) is 2.35. The summed E-state index contributed by atoms with van der Waals surface area (Å²) >= 11 is 1.08. The molecule has 0 heterocycles. The van der Waals surface area contributed by atoms with Gasteiger partial charge in [-0.3, -0.25) is 4.79 Å². The standard InChI is InChI=1S/C16H22FNO3S/c1-10(2)18-12-6-15(7-12)21-14-5-11(17)4-13(8-14)20-9-16(19)22-3/h4-5,8,10,12,15,18H,6-7,9H2,1-3H3/t12-,15+. The smallest absolute Gasteiger partial charge is 0.226 e. The first-order valence-electron chi connectivity index (χ1n) is 7.39. The van der Waals surface area contributed by atoms with Crippen molar-refractivity contribution in [1.82, 2.24) is 5.32 Å². The van der Waals surface area contributed by atoms with Crippen molar-refractivity contribution in [1.29, 1.82) is 0 Å². The van der Waals surface area contributed by atoms with E-state index in [-0.39, 0.29) is 17.8 Å².